The molecule has 0 saturated carbocycles. The van der Waals surface area contributed by atoms with E-state index in [1.807, 2.05) is 11.4 Å². The van der Waals surface area contributed by atoms with Crippen LogP contribution < -0.4 is 5.73 Å². The zero-order valence-electron chi connectivity index (χ0n) is 10.7. The highest BCUT2D eigenvalue weighted by Gasteiger charge is 2.30. The highest BCUT2D eigenvalue weighted by atomic mass is 32.1. The molecule has 0 spiro atoms. The van der Waals surface area contributed by atoms with Gasteiger partial charge in [-0.3, -0.25) is 0 Å². The summed E-state index contributed by atoms with van der Waals surface area (Å²) in [5.41, 5.74) is 5.65. The summed E-state index contributed by atoms with van der Waals surface area (Å²) >= 11 is 1.42. The predicted octanol–water partition coefficient (Wildman–Crippen LogP) is 3.88. The molecule has 0 aliphatic heterocycles. The fraction of sp³-hybridized carbons (Fsp3) is 0.143. The van der Waals surface area contributed by atoms with E-state index < -0.39 is 11.7 Å². The second-order valence-corrected chi connectivity index (χ2v) is 5.43. The molecule has 2 aromatic heterocycles. The first-order valence-corrected chi connectivity index (χ1v) is 6.97. The van der Waals surface area contributed by atoms with Crippen LogP contribution >= 0.6 is 11.3 Å². The van der Waals surface area contributed by atoms with E-state index in [9.17, 15) is 13.2 Å². The molecule has 0 amide bonds. The van der Waals surface area contributed by atoms with E-state index in [0.717, 1.165) is 22.3 Å². The van der Waals surface area contributed by atoms with Gasteiger partial charge in [-0.2, -0.15) is 13.2 Å². The van der Waals surface area contributed by atoms with Gasteiger partial charge >= 0.3 is 6.18 Å². The Morgan fingerprint density at radius 2 is 1.95 bits per heavy atom. The van der Waals surface area contributed by atoms with Gasteiger partial charge in [0.15, 0.2) is 0 Å². The summed E-state index contributed by atoms with van der Waals surface area (Å²) in [6.07, 6.45) is -4.14. The van der Waals surface area contributed by atoms with Crippen molar-refractivity contribution in [3.05, 3.63) is 52.7 Å². The van der Waals surface area contributed by atoms with Crippen LogP contribution in [0.4, 0.5) is 19.0 Å². The number of nitrogen functional groups attached to an aromatic ring is 1. The molecule has 0 atom stereocenters. The maximum absolute atomic E-state index is 12.7. The molecule has 0 aliphatic carbocycles. The molecular formula is C14H10F3N3S. The Bertz CT molecular complexity index is 796. The first-order chi connectivity index (χ1) is 9.93. The zero-order chi connectivity index (χ0) is 15.0. The van der Waals surface area contributed by atoms with Crippen molar-refractivity contribution in [2.75, 3.05) is 5.73 Å². The second kappa shape index (κ2) is 5.00. The van der Waals surface area contributed by atoms with Crippen LogP contribution in [0.3, 0.4) is 0 Å². The van der Waals surface area contributed by atoms with Gasteiger partial charge in [0, 0.05) is 6.42 Å². The van der Waals surface area contributed by atoms with Crippen LogP contribution in [0.5, 0.6) is 0 Å². The van der Waals surface area contributed by atoms with Gasteiger partial charge in [-0.15, -0.1) is 11.3 Å². The Balaban J connectivity index is 1.95. The molecular weight excluding hydrogens is 299 g/mol. The predicted molar refractivity (Wildman–Crippen MR) is 76.1 cm³/mol. The van der Waals surface area contributed by atoms with Gasteiger partial charge in [-0.25, -0.2) is 9.97 Å². The summed E-state index contributed by atoms with van der Waals surface area (Å²) in [6.45, 7) is 0. The monoisotopic (exact) mass is 309 g/mol. The van der Waals surface area contributed by atoms with Gasteiger partial charge in [0.25, 0.3) is 0 Å². The number of fused-ring (bicyclic) bond motifs is 1. The average Bonchev–Trinajstić information content (AvgIpc) is 2.87. The Morgan fingerprint density at radius 3 is 2.71 bits per heavy atom. The normalized spacial score (nSPS) is 12.0. The average molecular weight is 309 g/mol. The highest BCUT2D eigenvalue weighted by molar-refractivity contribution is 7.16. The van der Waals surface area contributed by atoms with Crippen LogP contribution in [0.2, 0.25) is 0 Å². The van der Waals surface area contributed by atoms with Crippen molar-refractivity contribution < 1.29 is 13.2 Å². The molecule has 7 heteroatoms. The maximum Gasteiger partial charge on any atom is 0.416 e. The number of aromatic nitrogens is 2. The van der Waals surface area contributed by atoms with E-state index in [2.05, 4.69) is 9.97 Å². The molecule has 0 unspecified atom stereocenters. The molecule has 3 nitrogen and oxygen atoms in total. The molecule has 21 heavy (non-hydrogen) atoms. The number of anilines is 1. The molecule has 0 saturated heterocycles. The number of hydrogen-bond donors (Lipinski definition) is 1. The van der Waals surface area contributed by atoms with Crippen molar-refractivity contribution in [3.8, 4) is 0 Å². The Morgan fingerprint density at radius 1 is 1.14 bits per heavy atom. The fourth-order valence-corrected chi connectivity index (χ4v) is 2.83. The van der Waals surface area contributed by atoms with E-state index in [1.165, 1.54) is 17.4 Å². The quantitative estimate of drug-likeness (QED) is 0.781. The lowest BCUT2D eigenvalue weighted by molar-refractivity contribution is -0.137. The smallest absolute Gasteiger partial charge is 0.383 e. The molecule has 108 valence electrons. The van der Waals surface area contributed by atoms with Crippen molar-refractivity contribution in [2.45, 2.75) is 12.6 Å². The SMILES string of the molecule is Nc1nc(Cc2cccc(C(F)(F)F)c2)nc2sccc12. The summed E-state index contributed by atoms with van der Waals surface area (Å²) in [5, 5.41) is 2.62. The summed E-state index contributed by atoms with van der Waals surface area (Å²) < 4.78 is 38.1. The van der Waals surface area contributed by atoms with Crippen molar-refractivity contribution in [1.82, 2.24) is 9.97 Å². The van der Waals surface area contributed by atoms with Crippen LogP contribution in [0.25, 0.3) is 10.2 Å². The number of nitrogens with zero attached hydrogens (tertiary/aromatic N) is 2. The van der Waals surface area contributed by atoms with E-state index in [-0.39, 0.29) is 6.42 Å². The van der Waals surface area contributed by atoms with Gasteiger partial charge < -0.3 is 5.73 Å². The van der Waals surface area contributed by atoms with Gasteiger partial charge in [0.1, 0.15) is 16.5 Å². The van der Waals surface area contributed by atoms with Gasteiger partial charge in [0.2, 0.25) is 0 Å². The fourth-order valence-electron chi connectivity index (χ4n) is 2.04. The van der Waals surface area contributed by atoms with Crippen LogP contribution in [0.15, 0.2) is 35.7 Å². The number of rotatable bonds is 2. The Kier molecular flexibility index (Phi) is 3.29. The lowest BCUT2D eigenvalue weighted by Gasteiger charge is -2.08. The maximum atomic E-state index is 12.7. The molecule has 3 aromatic rings. The van der Waals surface area contributed by atoms with E-state index >= 15 is 0 Å². The number of hydrogen-bond acceptors (Lipinski definition) is 4. The number of thiophene rings is 1. The van der Waals surface area contributed by atoms with E-state index in [1.54, 1.807) is 6.07 Å². The largest absolute Gasteiger partial charge is 0.416 e. The van der Waals surface area contributed by atoms with Crippen LogP contribution in [-0.4, -0.2) is 9.97 Å². The molecule has 2 heterocycles. The molecule has 2 N–H and O–H groups in total. The lowest BCUT2D eigenvalue weighted by Crippen LogP contribution is -2.06. The topological polar surface area (TPSA) is 51.8 Å². The first kappa shape index (κ1) is 13.8. The minimum Gasteiger partial charge on any atom is -0.383 e. The third-order valence-electron chi connectivity index (χ3n) is 3.02. The van der Waals surface area contributed by atoms with Crippen LogP contribution in [0.1, 0.15) is 17.0 Å². The molecule has 3 rings (SSSR count). The molecule has 1 aromatic carbocycles. The van der Waals surface area contributed by atoms with Crippen LogP contribution in [-0.2, 0) is 12.6 Å². The lowest BCUT2D eigenvalue weighted by atomic mass is 10.1. The summed E-state index contributed by atoms with van der Waals surface area (Å²) in [7, 11) is 0. The van der Waals surface area contributed by atoms with E-state index in [4.69, 9.17) is 5.73 Å². The van der Waals surface area contributed by atoms with Crippen molar-refractivity contribution in [3.63, 3.8) is 0 Å². The third kappa shape index (κ3) is 2.82. The molecule has 0 fully saturated rings. The summed E-state index contributed by atoms with van der Waals surface area (Å²) in [4.78, 5) is 9.22. The standard InChI is InChI=1S/C14H10F3N3S/c15-14(16,17)9-3-1-2-8(6-9)7-11-19-12(18)10-4-5-21-13(10)20-11/h1-6H,7H2,(H2,18,19,20). The van der Waals surface area contributed by atoms with Gasteiger partial charge in [0.05, 0.1) is 10.9 Å². The van der Waals surface area contributed by atoms with Crippen molar-refractivity contribution in [2.24, 2.45) is 0 Å². The highest BCUT2D eigenvalue weighted by Crippen LogP contribution is 2.30. The summed E-state index contributed by atoms with van der Waals surface area (Å²) in [6, 6.07) is 6.97. The van der Waals surface area contributed by atoms with Crippen molar-refractivity contribution in [1.29, 1.82) is 0 Å². The number of alkyl halides is 3. The van der Waals surface area contributed by atoms with E-state index in [0.29, 0.717) is 17.2 Å². The van der Waals surface area contributed by atoms with Crippen LogP contribution in [0, 0.1) is 0 Å². The molecule has 0 radical (unpaired) electrons. The molecule has 0 bridgehead atoms. The number of nitrogens with two attached hydrogens (primary N) is 1. The Hall–Kier alpha value is -2.15. The second-order valence-electron chi connectivity index (χ2n) is 4.54. The minimum atomic E-state index is -4.35. The minimum absolute atomic E-state index is 0.210. The third-order valence-corrected chi connectivity index (χ3v) is 3.82. The molecule has 0 aliphatic rings. The first-order valence-electron chi connectivity index (χ1n) is 6.09. The van der Waals surface area contributed by atoms with Gasteiger partial charge in [-0.05, 0) is 23.1 Å². The number of benzene rings is 1. The van der Waals surface area contributed by atoms with Crippen molar-refractivity contribution >= 4 is 27.4 Å². The van der Waals surface area contributed by atoms with Gasteiger partial charge in [-0.1, -0.05) is 18.2 Å². The summed E-state index contributed by atoms with van der Waals surface area (Å²) in [5.74, 6) is 0.769. The zero-order valence-corrected chi connectivity index (χ0v) is 11.5. The Labute approximate surface area is 122 Å². The number of halogens is 3.